The van der Waals surface area contributed by atoms with Gasteiger partial charge in [-0.2, -0.15) is 0 Å². The Kier molecular flexibility index (Phi) is 4.01. The number of carbonyl (C=O) groups is 2. The Balaban J connectivity index is 1.83. The number of anilines is 1. The summed E-state index contributed by atoms with van der Waals surface area (Å²) in [5, 5.41) is 13.4. The number of Topliss-reactive ketones (excluding diaryl/α,β-unsaturated/α-hetero) is 1. The van der Waals surface area contributed by atoms with Crippen LogP contribution in [0.4, 0.5) is 5.69 Å². The van der Waals surface area contributed by atoms with Crippen molar-refractivity contribution in [3.63, 3.8) is 0 Å². The summed E-state index contributed by atoms with van der Waals surface area (Å²) in [5.41, 5.74) is 0.907. The molecule has 0 spiro atoms. The van der Waals surface area contributed by atoms with E-state index >= 15 is 0 Å². The molecule has 2 aromatic rings. The van der Waals surface area contributed by atoms with Gasteiger partial charge in [-0.15, -0.1) is 0 Å². The first-order valence-corrected chi connectivity index (χ1v) is 7.80. The molecule has 0 radical (unpaired) electrons. The maximum Gasteiger partial charge on any atom is 0.261 e. The van der Waals surface area contributed by atoms with Gasteiger partial charge in [-0.25, -0.2) is 0 Å². The molecule has 4 nitrogen and oxygen atoms in total. The Morgan fingerprint density at radius 3 is 2.52 bits per heavy atom. The second-order valence-electron chi connectivity index (χ2n) is 5.91. The number of aliphatic hydroxyl groups is 1. The predicted octanol–water partition coefficient (Wildman–Crippen LogP) is 3.05. The third-order valence-corrected chi connectivity index (χ3v) is 4.23. The number of amides is 1. The van der Waals surface area contributed by atoms with E-state index in [0.717, 1.165) is 12.8 Å². The lowest BCUT2D eigenvalue weighted by molar-refractivity contribution is -0.133. The van der Waals surface area contributed by atoms with Gasteiger partial charge in [0.1, 0.15) is 0 Å². The van der Waals surface area contributed by atoms with Crippen LogP contribution >= 0.6 is 0 Å². The van der Waals surface area contributed by atoms with E-state index in [2.05, 4.69) is 12.2 Å². The first-order chi connectivity index (χ1) is 11.0. The number of carbonyl (C=O) groups excluding carboxylic acids is 2. The Labute approximate surface area is 135 Å². The van der Waals surface area contributed by atoms with Crippen LogP contribution in [-0.2, 0) is 16.8 Å². The topological polar surface area (TPSA) is 66.4 Å². The highest BCUT2D eigenvalue weighted by Crippen LogP contribution is 2.38. The van der Waals surface area contributed by atoms with E-state index < -0.39 is 11.5 Å². The summed E-state index contributed by atoms with van der Waals surface area (Å²) in [6, 6.07) is 14.3. The first-order valence-electron chi connectivity index (χ1n) is 7.80. The average molecular weight is 309 g/mol. The average Bonchev–Trinajstić information content (AvgIpc) is 2.80. The number of aryl methyl sites for hydroxylation is 1. The Morgan fingerprint density at radius 2 is 1.83 bits per heavy atom. The minimum Gasteiger partial charge on any atom is -0.375 e. The number of rotatable bonds is 5. The van der Waals surface area contributed by atoms with E-state index in [4.69, 9.17) is 0 Å². The van der Waals surface area contributed by atoms with Crippen molar-refractivity contribution in [2.75, 3.05) is 5.32 Å². The number of hydrogen-bond donors (Lipinski definition) is 2. The van der Waals surface area contributed by atoms with Crippen molar-refractivity contribution in [3.05, 3.63) is 65.2 Å². The van der Waals surface area contributed by atoms with Crippen molar-refractivity contribution in [2.24, 2.45) is 0 Å². The lowest BCUT2D eigenvalue weighted by Gasteiger charge is -2.20. The summed E-state index contributed by atoms with van der Waals surface area (Å²) < 4.78 is 0. The van der Waals surface area contributed by atoms with Gasteiger partial charge in [-0.1, -0.05) is 55.8 Å². The normalized spacial score (nSPS) is 19.3. The number of ketones is 1. The van der Waals surface area contributed by atoms with Gasteiger partial charge in [0.2, 0.25) is 0 Å². The second kappa shape index (κ2) is 5.97. The highest BCUT2D eigenvalue weighted by Gasteiger charge is 2.46. The summed E-state index contributed by atoms with van der Waals surface area (Å²) in [6.07, 6.45) is 1.75. The molecule has 23 heavy (non-hydrogen) atoms. The summed E-state index contributed by atoms with van der Waals surface area (Å²) in [6.45, 7) is 2.10. The molecule has 0 aromatic heterocycles. The van der Waals surface area contributed by atoms with E-state index in [-0.39, 0.29) is 12.2 Å². The third kappa shape index (κ3) is 2.78. The Morgan fingerprint density at radius 1 is 1.13 bits per heavy atom. The standard InChI is InChI=1S/C19H19NO3/c1-2-5-13-8-10-14(11-9-13)17(21)12-19(23)15-6-3-4-7-16(15)20-18(19)22/h3-4,6-11,23H,2,5,12H2,1H3,(H,20,22)/t19-/m0/s1. The fraction of sp³-hybridized carbons (Fsp3) is 0.263. The molecular weight excluding hydrogens is 290 g/mol. The molecular formula is C19H19NO3. The molecule has 118 valence electrons. The lowest BCUT2D eigenvalue weighted by Crippen LogP contribution is -2.36. The van der Waals surface area contributed by atoms with Crippen LogP contribution in [0.15, 0.2) is 48.5 Å². The van der Waals surface area contributed by atoms with Gasteiger partial charge >= 0.3 is 0 Å². The smallest absolute Gasteiger partial charge is 0.261 e. The van der Waals surface area contributed by atoms with Crippen LogP contribution < -0.4 is 5.32 Å². The second-order valence-corrected chi connectivity index (χ2v) is 5.91. The number of hydrogen-bond acceptors (Lipinski definition) is 3. The molecule has 1 aliphatic rings. The molecule has 2 N–H and O–H groups in total. The van der Waals surface area contributed by atoms with Crippen LogP contribution in [-0.4, -0.2) is 16.8 Å². The van der Waals surface area contributed by atoms with E-state index in [0.29, 0.717) is 16.8 Å². The van der Waals surface area contributed by atoms with Gasteiger partial charge in [0.15, 0.2) is 11.4 Å². The van der Waals surface area contributed by atoms with Crippen molar-refractivity contribution in [1.82, 2.24) is 0 Å². The van der Waals surface area contributed by atoms with Crippen molar-refractivity contribution in [2.45, 2.75) is 31.8 Å². The molecule has 2 aromatic carbocycles. The molecule has 0 bridgehead atoms. The van der Waals surface area contributed by atoms with Crippen LogP contribution in [0.25, 0.3) is 0 Å². The number of nitrogens with one attached hydrogen (secondary N) is 1. The molecule has 0 unspecified atom stereocenters. The molecule has 1 atom stereocenters. The summed E-state index contributed by atoms with van der Waals surface area (Å²) in [4.78, 5) is 24.6. The van der Waals surface area contributed by atoms with Crippen LogP contribution in [0.2, 0.25) is 0 Å². The van der Waals surface area contributed by atoms with E-state index in [9.17, 15) is 14.7 Å². The highest BCUT2D eigenvalue weighted by atomic mass is 16.3. The van der Waals surface area contributed by atoms with Gasteiger partial charge in [0, 0.05) is 16.8 Å². The van der Waals surface area contributed by atoms with Crippen LogP contribution in [0, 0.1) is 0 Å². The SMILES string of the molecule is CCCc1ccc(C(=O)C[C@@]2(O)C(=O)Nc3ccccc32)cc1. The Bertz CT molecular complexity index is 751. The molecule has 1 amide bonds. The zero-order chi connectivity index (χ0) is 16.4. The van der Waals surface area contributed by atoms with Crippen molar-refractivity contribution < 1.29 is 14.7 Å². The van der Waals surface area contributed by atoms with E-state index in [1.807, 2.05) is 12.1 Å². The molecule has 1 heterocycles. The van der Waals surface area contributed by atoms with Crippen molar-refractivity contribution >= 4 is 17.4 Å². The quantitative estimate of drug-likeness (QED) is 0.834. The summed E-state index contributed by atoms with van der Waals surface area (Å²) in [7, 11) is 0. The van der Waals surface area contributed by atoms with E-state index in [1.165, 1.54) is 5.56 Å². The van der Waals surface area contributed by atoms with E-state index in [1.54, 1.807) is 36.4 Å². The molecule has 0 aliphatic carbocycles. The highest BCUT2D eigenvalue weighted by molar-refractivity contribution is 6.09. The minimum absolute atomic E-state index is 0.248. The van der Waals surface area contributed by atoms with Crippen LogP contribution in [0.1, 0.15) is 41.3 Å². The van der Waals surface area contributed by atoms with Crippen molar-refractivity contribution in [1.29, 1.82) is 0 Å². The monoisotopic (exact) mass is 309 g/mol. The van der Waals surface area contributed by atoms with Gasteiger partial charge in [0.05, 0.1) is 6.42 Å². The number of para-hydroxylation sites is 1. The minimum atomic E-state index is -1.80. The summed E-state index contributed by atoms with van der Waals surface area (Å²) >= 11 is 0. The van der Waals surface area contributed by atoms with Crippen LogP contribution in [0.3, 0.4) is 0 Å². The number of benzene rings is 2. The van der Waals surface area contributed by atoms with Gasteiger partial charge in [0.25, 0.3) is 5.91 Å². The van der Waals surface area contributed by atoms with Gasteiger partial charge in [-0.3, -0.25) is 9.59 Å². The Hall–Kier alpha value is -2.46. The molecule has 1 aliphatic heterocycles. The van der Waals surface area contributed by atoms with Gasteiger partial charge in [-0.05, 0) is 18.1 Å². The maximum atomic E-state index is 12.5. The zero-order valence-corrected chi connectivity index (χ0v) is 13.0. The fourth-order valence-electron chi connectivity index (χ4n) is 2.96. The zero-order valence-electron chi connectivity index (χ0n) is 13.0. The molecule has 0 fully saturated rings. The predicted molar refractivity (Wildman–Crippen MR) is 88.4 cm³/mol. The number of fused-ring (bicyclic) bond motifs is 1. The maximum absolute atomic E-state index is 12.5. The van der Waals surface area contributed by atoms with Crippen LogP contribution in [0.5, 0.6) is 0 Å². The fourth-order valence-corrected chi connectivity index (χ4v) is 2.96. The third-order valence-electron chi connectivity index (χ3n) is 4.23. The van der Waals surface area contributed by atoms with Gasteiger partial charge < -0.3 is 10.4 Å². The first kappa shape index (κ1) is 15.4. The molecule has 0 saturated carbocycles. The van der Waals surface area contributed by atoms with Crippen molar-refractivity contribution in [3.8, 4) is 0 Å². The summed E-state index contributed by atoms with van der Waals surface area (Å²) in [5.74, 6) is -0.794. The molecule has 4 heteroatoms. The molecule has 0 saturated heterocycles. The molecule has 3 rings (SSSR count). The largest absolute Gasteiger partial charge is 0.375 e. The lowest BCUT2D eigenvalue weighted by atomic mass is 9.88.